The quantitative estimate of drug-likeness (QED) is 0.855. The Kier molecular flexibility index (Phi) is 5.42. The third kappa shape index (κ3) is 3.14. The normalized spacial score (nSPS) is 12.8. The molecule has 0 amide bonds. The molecule has 6 heteroatoms. The van der Waals surface area contributed by atoms with Gasteiger partial charge < -0.3 is 5.32 Å². The van der Waals surface area contributed by atoms with Gasteiger partial charge in [-0.3, -0.25) is 9.36 Å². The van der Waals surface area contributed by atoms with Crippen molar-refractivity contribution in [3.8, 4) is 0 Å². The van der Waals surface area contributed by atoms with Crippen molar-refractivity contribution in [1.29, 1.82) is 0 Å². The summed E-state index contributed by atoms with van der Waals surface area (Å²) in [5.41, 5.74) is 3.26. The maximum absolute atomic E-state index is 6.39. The fourth-order valence-electron chi connectivity index (χ4n) is 2.60. The molecule has 2 aromatic heterocycles. The summed E-state index contributed by atoms with van der Waals surface area (Å²) in [7, 11) is 0. The SMILES string of the molecule is CCNC(c1cc(CC)nn1CC)c1c(Cl)cnn1CC. The number of halogens is 1. The molecular weight excluding hydrogens is 286 g/mol. The molecule has 21 heavy (non-hydrogen) atoms. The molecule has 0 radical (unpaired) electrons. The number of hydrogen-bond acceptors (Lipinski definition) is 3. The van der Waals surface area contributed by atoms with Crippen LogP contribution in [-0.4, -0.2) is 26.1 Å². The Morgan fingerprint density at radius 2 is 1.90 bits per heavy atom. The van der Waals surface area contributed by atoms with Crippen molar-refractivity contribution >= 4 is 11.6 Å². The summed E-state index contributed by atoms with van der Waals surface area (Å²) >= 11 is 6.39. The van der Waals surface area contributed by atoms with Gasteiger partial charge in [-0.15, -0.1) is 0 Å². The topological polar surface area (TPSA) is 47.7 Å². The Bertz CT molecular complexity index is 587. The molecule has 0 saturated heterocycles. The van der Waals surface area contributed by atoms with Crippen LogP contribution in [0.2, 0.25) is 5.02 Å². The highest BCUT2D eigenvalue weighted by Crippen LogP contribution is 2.29. The van der Waals surface area contributed by atoms with E-state index in [1.165, 1.54) is 0 Å². The van der Waals surface area contributed by atoms with Gasteiger partial charge in [0.2, 0.25) is 0 Å². The Hall–Kier alpha value is -1.33. The van der Waals surface area contributed by atoms with Crippen LogP contribution in [0, 0.1) is 0 Å². The molecule has 0 saturated carbocycles. The fraction of sp³-hybridized carbons (Fsp3) is 0.600. The lowest BCUT2D eigenvalue weighted by atomic mass is 10.1. The third-order valence-corrected chi connectivity index (χ3v) is 3.92. The first-order chi connectivity index (χ1) is 10.2. The molecule has 116 valence electrons. The van der Waals surface area contributed by atoms with Gasteiger partial charge in [-0.05, 0) is 32.9 Å². The average molecular weight is 310 g/mol. The first-order valence-corrected chi connectivity index (χ1v) is 8.05. The van der Waals surface area contributed by atoms with Gasteiger partial charge in [0, 0.05) is 13.1 Å². The molecule has 0 aliphatic heterocycles. The molecule has 2 aromatic rings. The number of nitrogens with zero attached hydrogens (tertiary/aromatic N) is 4. The van der Waals surface area contributed by atoms with Crippen molar-refractivity contribution in [2.45, 2.75) is 53.2 Å². The monoisotopic (exact) mass is 309 g/mol. The maximum Gasteiger partial charge on any atom is 0.0934 e. The first-order valence-electron chi connectivity index (χ1n) is 7.67. The molecule has 1 N–H and O–H groups in total. The summed E-state index contributed by atoms with van der Waals surface area (Å²) in [5.74, 6) is 0. The van der Waals surface area contributed by atoms with E-state index in [0.717, 1.165) is 43.1 Å². The molecular formula is C15H24ClN5. The van der Waals surface area contributed by atoms with Crippen LogP contribution in [-0.2, 0) is 19.5 Å². The van der Waals surface area contributed by atoms with Gasteiger partial charge in [0.25, 0.3) is 0 Å². The number of aryl methyl sites for hydroxylation is 3. The Morgan fingerprint density at radius 3 is 2.48 bits per heavy atom. The molecule has 0 aromatic carbocycles. The lowest BCUT2D eigenvalue weighted by Gasteiger charge is -2.20. The predicted octanol–water partition coefficient (Wildman–Crippen LogP) is 3.03. The first kappa shape index (κ1) is 16.0. The average Bonchev–Trinajstić information content (AvgIpc) is 3.08. The number of rotatable bonds is 7. The molecule has 0 spiro atoms. The van der Waals surface area contributed by atoms with Crippen molar-refractivity contribution in [1.82, 2.24) is 24.9 Å². The van der Waals surface area contributed by atoms with Crippen LogP contribution < -0.4 is 5.32 Å². The van der Waals surface area contributed by atoms with Crippen LogP contribution >= 0.6 is 11.6 Å². The van der Waals surface area contributed by atoms with Crippen molar-refractivity contribution in [3.63, 3.8) is 0 Å². The second-order valence-corrected chi connectivity index (χ2v) is 5.32. The molecule has 0 aliphatic rings. The van der Waals surface area contributed by atoms with Crippen LogP contribution in [0.25, 0.3) is 0 Å². The smallest absolute Gasteiger partial charge is 0.0934 e. The van der Waals surface area contributed by atoms with Gasteiger partial charge in [0.15, 0.2) is 0 Å². The van der Waals surface area contributed by atoms with Gasteiger partial charge in [-0.25, -0.2) is 0 Å². The highest BCUT2D eigenvalue weighted by atomic mass is 35.5. The van der Waals surface area contributed by atoms with E-state index in [-0.39, 0.29) is 6.04 Å². The zero-order valence-electron chi connectivity index (χ0n) is 13.2. The minimum Gasteiger partial charge on any atom is -0.304 e. The van der Waals surface area contributed by atoms with Gasteiger partial charge in [0.05, 0.1) is 34.3 Å². The van der Waals surface area contributed by atoms with Crippen molar-refractivity contribution in [2.24, 2.45) is 0 Å². The van der Waals surface area contributed by atoms with E-state index in [2.05, 4.69) is 54.0 Å². The van der Waals surface area contributed by atoms with Crippen LogP contribution in [0.5, 0.6) is 0 Å². The lowest BCUT2D eigenvalue weighted by molar-refractivity contribution is 0.500. The Balaban J connectivity index is 2.52. The summed E-state index contributed by atoms with van der Waals surface area (Å²) in [4.78, 5) is 0. The molecule has 5 nitrogen and oxygen atoms in total. The van der Waals surface area contributed by atoms with E-state index < -0.39 is 0 Å². The number of aromatic nitrogens is 4. The lowest BCUT2D eigenvalue weighted by Crippen LogP contribution is -2.27. The molecule has 1 atom stereocenters. The summed E-state index contributed by atoms with van der Waals surface area (Å²) in [6, 6.07) is 2.18. The standard InChI is InChI=1S/C15H24ClN5/c1-5-11-9-13(20(7-3)19-11)14(17-6-2)15-12(16)10-18-21(15)8-4/h9-10,14,17H,5-8H2,1-4H3. The Labute approximate surface area is 131 Å². The largest absolute Gasteiger partial charge is 0.304 e. The maximum atomic E-state index is 6.39. The number of hydrogen-bond donors (Lipinski definition) is 1. The third-order valence-electron chi connectivity index (χ3n) is 3.63. The van der Waals surface area contributed by atoms with Crippen LogP contribution in [0.3, 0.4) is 0 Å². The van der Waals surface area contributed by atoms with Crippen LogP contribution in [0.4, 0.5) is 0 Å². The second-order valence-electron chi connectivity index (χ2n) is 4.91. The van der Waals surface area contributed by atoms with E-state index in [9.17, 15) is 0 Å². The van der Waals surface area contributed by atoms with Crippen LogP contribution in [0.1, 0.15) is 50.8 Å². The summed E-state index contributed by atoms with van der Waals surface area (Å²) in [5, 5.41) is 13.2. The molecule has 2 rings (SSSR count). The van der Waals surface area contributed by atoms with Gasteiger partial charge in [-0.2, -0.15) is 10.2 Å². The van der Waals surface area contributed by atoms with Crippen molar-refractivity contribution in [2.75, 3.05) is 6.54 Å². The molecule has 0 bridgehead atoms. The minimum absolute atomic E-state index is 0.0118. The van der Waals surface area contributed by atoms with Crippen LogP contribution in [0.15, 0.2) is 12.3 Å². The minimum atomic E-state index is 0.0118. The van der Waals surface area contributed by atoms with Gasteiger partial charge in [0.1, 0.15) is 0 Å². The fourth-order valence-corrected chi connectivity index (χ4v) is 2.85. The second kappa shape index (κ2) is 7.09. The zero-order chi connectivity index (χ0) is 15.4. The number of nitrogens with one attached hydrogen (secondary N) is 1. The van der Waals surface area contributed by atoms with E-state index in [4.69, 9.17) is 11.6 Å². The Morgan fingerprint density at radius 1 is 1.19 bits per heavy atom. The zero-order valence-corrected chi connectivity index (χ0v) is 14.0. The highest BCUT2D eigenvalue weighted by molar-refractivity contribution is 6.31. The summed E-state index contributed by atoms with van der Waals surface area (Å²) in [6.07, 6.45) is 2.65. The molecule has 1 unspecified atom stereocenters. The van der Waals surface area contributed by atoms with E-state index >= 15 is 0 Å². The van der Waals surface area contributed by atoms with Gasteiger partial charge in [-0.1, -0.05) is 25.4 Å². The van der Waals surface area contributed by atoms with E-state index in [0.29, 0.717) is 5.02 Å². The molecule has 0 fully saturated rings. The van der Waals surface area contributed by atoms with Crippen molar-refractivity contribution < 1.29 is 0 Å². The highest BCUT2D eigenvalue weighted by Gasteiger charge is 2.24. The van der Waals surface area contributed by atoms with Gasteiger partial charge >= 0.3 is 0 Å². The molecule has 2 heterocycles. The summed E-state index contributed by atoms with van der Waals surface area (Å²) < 4.78 is 4.00. The summed E-state index contributed by atoms with van der Waals surface area (Å²) in [6.45, 7) is 10.9. The van der Waals surface area contributed by atoms with Crippen molar-refractivity contribution in [3.05, 3.63) is 34.4 Å². The predicted molar refractivity (Wildman–Crippen MR) is 85.7 cm³/mol. The molecule has 0 aliphatic carbocycles. The van der Waals surface area contributed by atoms with E-state index in [1.54, 1.807) is 6.20 Å². The van der Waals surface area contributed by atoms with E-state index in [1.807, 2.05) is 4.68 Å².